The highest BCUT2D eigenvalue weighted by molar-refractivity contribution is 7.90. The highest BCUT2D eigenvalue weighted by Crippen LogP contribution is 2.22. The largest absolute Gasteiger partial charge is 0.495 e. The Morgan fingerprint density at radius 2 is 2.16 bits per heavy atom. The number of hydrogen-bond donors (Lipinski definition) is 2. The van der Waals surface area contributed by atoms with Gasteiger partial charge in [0.2, 0.25) is 0 Å². The number of urea groups is 1. The number of amides is 2. The van der Waals surface area contributed by atoms with E-state index in [0.29, 0.717) is 6.54 Å². The molecule has 0 saturated carbocycles. The first-order valence-electron chi connectivity index (χ1n) is 5.43. The van der Waals surface area contributed by atoms with Gasteiger partial charge in [-0.3, -0.25) is 0 Å². The number of hydrazine groups is 1. The summed E-state index contributed by atoms with van der Waals surface area (Å²) in [4.78, 5) is 11.6. The van der Waals surface area contributed by atoms with Crippen LogP contribution < -0.4 is 14.9 Å². The maximum absolute atomic E-state index is 12.1. The van der Waals surface area contributed by atoms with Crippen LogP contribution in [0.1, 0.15) is 0 Å². The first-order chi connectivity index (χ1) is 9.04. The summed E-state index contributed by atoms with van der Waals surface area (Å²) in [5.74, 6) is 0.176. The summed E-state index contributed by atoms with van der Waals surface area (Å²) in [6, 6.07) is 5.32. The maximum Gasteiger partial charge on any atom is 0.350 e. The standard InChI is InChI=1S/C11H13N3O4S/c1-18-9-5-2-3-6-10(9)19(16,17)13-11(15)14-8-4-7-12-14/h2-7,12H,8H2,1H3,(H,13,15). The fourth-order valence-electron chi connectivity index (χ4n) is 1.56. The highest BCUT2D eigenvalue weighted by atomic mass is 32.2. The smallest absolute Gasteiger partial charge is 0.350 e. The van der Waals surface area contributed by atoms with Crippen LogP contribution in [0.2, 0.25) is 0 Å². The molecular formula is C11H13N3O4S. The first-order valence-corrected chi connectivity index (χ1v) is 6.91. The third-order valence-corrected chi connectivity index (χ3v) is 3.82. The molecule has 1 aliphatic heterocycles. The van der Waals surface area contributed by atoms with Crippen molar-refractivity contribution < 1.29 is 17.9 Å². The predicted octanol–water partition coefficient (Wildman–Crippen LogP) is 0.427. The molecule has 1 aliphatic rings. The Morgan fingerprint density at radius 3 is 2.79 bits per heavy atom. The van der Waals surface area contributed by atoms with Crippen molar-refractivity contribution in [3.8, 4) is 5.75 Å². The van der Waals surface area contributed by atoms with E-state index in [0.717, 1.165) is 5.01 Å². The van der Waals surface area contributed by atoms with E-state index >= 15 is 0 Å². The quantitative estimate of drug-likeness (QED) is 0.840. The second kappa shape index (κ2) is 5.19. The third kappa shape index (κ3) is 2.79. The van der Waals surface area contributed by atoms with Crippen molar-refractivity contribution in [1.29, 1.82) is 0 Å². The van der Waals surface area contributed by atoms with E-state index in [4.69, 9.17) is 4.74 Å². The summed E-state index contributed by atoms with van der Waals surface area (Å²) in [6.07, 6.45) is 3.24. The number of benzene rings is 1. The summed E-state index contributed by atoms with van der Waals surface area (Å²) in [5, 5.41) is 1.13. The van der Waals surface area contributed by atoms with Crippen LogP contribution in [0.25, 0.3) is 0 Å². The van der Waals surface area contributed by atoms with Gasteiger partial charge >= 0.3 is 6.03 Å². The van der Waals surface area contributed by atoms with Crippen molar-refractivity contribution in [3.63, 3.8) is 0 Å². The van der Waals surface area contributed by atoms with E-state index in [1.54, 1.807) is 24.4 Å². The third-order valence-electron chi connectivity index (χ3n) is 2.46. The fraction of sp³-hybridized carbons (Fsp3) is 0.182. The number of sulfonamides is 1. The molecule has 1 heterocycles. The van der Waals surface area contributed by atoms with Gasteiger partial charge in [0.05, 0.1) is 13.7 Å². The lowest BCUT2D eigenvalue weighted by Crippen LogP contribution is -2.45. The van der Waals surface area contributed by atoms with Crippen molar-refractivity contribution in [1.82, 2.24) is 15.2 Å². The molecule has 19 heavy (non-hydrogen) atoms. The number of methoxy groups -OCH3 is 1. The Kier molecular flexibility index (Phi) is 3.61. The Bertz CT molecular complexity index is 604. The number of rotatable bonds is 3. The minimum absolute atomic E-state index is 0.0852. The fourth-order valence-corrected chi connectivity index (χ4v) is 2.68. The molecule has 0 aromatic heterocycles. The minimum atomic E-state index is -3.97. The average Bonchev–Trinajstić information content (AvgIpc) is 2.92. The SMILES string of the molecule is COc1ccccc1S(=O)(=O)NC(=O)N1CC=CN1. The Hall–Kier alpha value is -2.22. The normalized spacial score (nSPS) is 14.1. The predicted molar refractivity (Wildman–Crippen MR) is 67.7 cm³/mol. The second-order valence-electron chi connectivity index (χ2n) is 3.70. The van der Waals surface area contributed by atoms with Gasteiger partial charge in [-0.1, -0.05) is 12.1 Å². The van der Waals surface area contributed by atoms with Gasteiger partial charge < -0.3 is 10.2 Å². The number of para-hydroxylation sites is 1. The van der Waals surface area contributed by atoms with Crippen molar-refractivity contribution in [3.05, 3.63) is 36.5 Å². The van der Waals surface area contributed by atoms with Crippen LogP contribution in [-0.4, -0.2) is 33.1 Å². The van der Waals surface area contributed by atoms with Gasteiger partial charge in [0.25, 0.3) is 10.0 Å². The monoisotopic (exact) mass is 283 g/mol. The van der Waals surface area contributed by atoms with Gasteiger partial charge in [0, 0.05) is 6.20 Å². The lowest BCUT2D eigenvalue weighted by Gasteiger charge is -2.17. The van der Waals surface area contributed by atoms with Gasteiger partial charge in [0.1, 0.15) is 10.6 Å². The van der Waals surface area contributed by atoms with E-state index < -0.39 is 16.1 Å². The average molecular weight is 283 g/mol. The molecule has 0 atom stereocenters. The summed E-state index contributed by atoms with van der Waals surface area (Å²) in [5.41, 5.74) is 2.60. The highest BCUT2D eigenvalue weighted by Gasteiger charge is 2.24. The summed E-state index contributed by atoms with van der Waals surface area (Å²) >= 11 is 0. The summed E-state index contributed by atoms with van der Waals surface area (Å²) < 4.78 is 31.1. The van der Waals surface area contributed by atoms with Crippen LogP contribution >= 0.6 is 0 Å². The van der Waals surface area contributed by atoms with Crippen molar-refractivity contribution in [2.45, 2.75) is 4.90 Å². The maximum atomic E-state index is 12.1. The number of hydrogen-bond acceptors (Lipinski definition) is 5. The van der Waals surface area contributed by atoms with Gasteiger partial charge in [-0.05, 0) is 18.2 Å². The van der Waals surface area contributed by atoms with Gasteiger partial charge in [-0.2, -0.15) is 0 Å². The van der Waals surface area contributed by atoms with Gasteiger partial charge in [-0.15, -0.1) is 0 Å². The molecule has 0 saturated heterocycles. The topological polar surface area (TPSA) is 87.7 Å². The molecule has 2 rings (SSSR count). The number of carbonyl (C=O) groups excluding carboxylic acids is 1. The van der Waals surface area contributed by atoms with E-state index in [1.807, 2.05) is 4.72 Å². The summed E-state index contributed by atoms with van der Waals surface area (Å²) in [7, 11) is -2.61. The van der Waals surface area contributed by atoms with E-state index in [1.165, 1.54) is 19.2 Å². The zero-order chi connectivity index (χ0) is 13.9. The molecule has 2 amide bonds. The lowest BCUT2D eigenvalue weighted by molar-refractivity contribution is 0.200. The van der Waals surface area contributed by atoms with Crippen molar-refractivity contribution in [2.24, 2.45) is 0 Å². The van der Waals surface area contributed by atoms with Crippen LogP contribution in [0.15, 0.2) is 41.4 Å². The molecule has 2 N–H and O–H groups in total. The molecule has 0 spiro atoms. The summed E-state index contributed by atoms with van der Waals surface area (Å²) in [6.45, 7) is 0.299. The molecule has 102 valence electrons. The van der Waals surface area contributed by atoms with Crippen LogP contribution in [0.3, 0.4) is 0 Å². The molecule has 0 radical (unpaired) electrons. The zero-order valence-corrected chi connectivity index (χ0v) is 11.0. The van der Waals surface area contributed by atoms with Crippen LogP contribution in [0.4, 0.5) is 4.79 Å². The van der Waals surface area contributed by atoms with Crippen LogP contribution in [0.5, 0.6) is 5.75 Å². The molecule has 0 bridgehead atoms. The molecule has 0 unspecified atom stereocenters. The Labute approximate surface area is 110 Å². The van der Waals surface area contributed by atoms with Crippen LogP contribution in [-0.2, 0) is 10.0 Å². The molecule has 0 fully saturated rings. The number of carbonyl (C=O) groups is 1. The van der Waals surface area contributed by atoms with Crippen LogP contribution in [0, 0.1) is 0 Å². The van der Waals surface area contributed by atoms with Gasteiger partial charge in [-0.25, -0.2) is 22.9 Å². The number of nitrogens with zero attached hydrogens (tertiary/aromatic N) is 1. The minimum Gasteiger partial charge on any atom is -0.495 e. The zero-order valence-electron chi connectivity index (χ0n) is 10.2. The molecule has 0 aliphatic carbocycles. The number of nitrogens with one attached hydrogen (secondary N) is 2. The molecule has 7 nitrogen and oxygen atoms in total. The molecular weight excluding hydrogens is 270 g/mol. The van der Waals surface area contributed by atoms with E-state index in [-0.39, 0.29) is 10.6 Å². The van der Waals surface area contributed by atoms with E-state index in [2.05, 4.69) is 5.43 Å². The number of ether oxygens (including phenoxy) is 1. The second-order valence-corrected chi connectivity index (χ2v) is 5.35. The lowest BCUT2D eigenvalue weighted by atomic mass is 10.3. The molecule has 1 aromatic rings. The Balaban J connectivity index is 2.20. The first kappa shape index (κ1) is 13.2. The Morgan fingerprint density at radius 1 is 1.42 bits per heavy atom. The van der Waals surface area contributed by atoms with Crippen molar-refractivity contribution in [2.75, 3.05) is 13.7 Å². The van der Waals surface area contributed by atoms with Gasteiger partial charge in [0.15, 0.2) is 0 Å². The molecule has 1 aromatic carbocycles. The van der Waals surface area contributed by atoms with Crippen molar-refractivity contribution >= 4 is 16.1 Å². The van der Waals surface area contributed by atoms with E-state index in [9.17, 15) is 13.2 Å². The molecule has 8 heteroatoms.